The molecule has 1 rings (SSSR count). The van der Waals surface area contributed by atoms with E-state index in [4.69, 9.17) is 0 Å². The lowest BCUT2D eigenvalue weighted by atomic mass is 10.2. The first-order chi connectivity index (χ1) is 10.1. The molecule has 22 heavy (non-hydrogen) atoms. The second kappa shape index (κ2) is 8.14. The maximum Gasteiger partial charge on any atom is 0.241 e. The molecule has 0 N–H and O–H groups in total. The Morgan fingerprint density at radius 1 is 0.909 bits per heavy atom. The number of rotatable bonds is 8. The second-order valence-corrected chi connectivity index (χ2v) is 11.1. The van der Waals surface area contributed by atoms with Crippen molar-refractivity contribution in [3.63, 3.8) is 0 Å². The third-order valence-electron chi connectivity index (χ3n) is 3.77. The number of nitrogens with zero attached hydrogens (tertiary/aromatic N) is 2. The van der Waals surface area contributed by atoms with Crippen molar-refractivity contribution in [1.29, 1.82) is 0 Å². The summed E-state index contributed by atoms with van der Waals surface area (Å²) in [4.78, 5) is 4.14. The molecular formula is C18H36N2S2+2. The normalized spacial score (nSPS) is 12.7. The van der Waals surface area contributed by atoms with Gasteiger partial charge in [-0.15, -0.1) is 0 Å². The fraction of sp³-hybridized carbons (Fsp3) is 0.833. The molecule has 0 atom stereocenters. The van der Waals surface area contributed by atoms with Crippen LogP contribution in [0.15, 0.2) is 4.90 Å². The molecule has 128 valence electrons. The molecule has 0 saturated heterocycles. The monoisotopic (exact) mass is 344 g/mol. The Labute approximate surface area is 145 Å². The van der Waals surface area contributed by atoms with E-state index in [9.17, 15) is 0 Å². The number of anilines is 1. The van der Waals surface area contributed by atoms with Crippen molar-refractivity contribution >= 4 is 28.3 Å². The van der Waals surface area contributed by atoms with Gasteiger partial charge in [0.1, 0.15) is 22.7 Å². The first kappa shape index (κ1) is 20.0. The third kappa shape index (κ3) is 4.70. The standard InChI is InChI=1S/C18H36N2S2/c1-12(2)19(13(3)4)16-17(18(16)21-11-22(9)10)20(14(5)6)15(7)8/h12-15H,11H2,1-10H3/q+2. The van der Waals surface area contributed by atoms with E-state index in [2.05, 4.69) is 89.1 Å². The zero-order valence-corrected chi connectivity index (χ0v) is 17.9. The van der Waals surface area contributed by atoms with Gasteiger partial charge in [-0.1, -0.05) is 11.8 Å². The zero-order valence-electron chi connectivity index (χ0n) is 16.2. The molecule has 0 aromatic heterocycles. The molecule has 0 fully saturated rings. The van der Waals surface area contributed by atoms with Crippen LogP contribution in [0.5, 0.6) is 0 Å². The highest BCUT2D eigenvalue weighted by molar-refractivity contribution is 8.14. The summed E-state index contributed by atoms with van der Waals surface area (Å²) in [6, 6.07) is 2.19. The van der Waals surface area contributed by atoms with E-state index in [1.54, 1.807) is 4.90 Å². The van der Waals surface area contributed by atoms with Crippen molar-refractivity contribution in [2.75, 3.05) is 22.5 Å². The molecule has 0 bridgehead atoms. The Hall–Kier alpha value is -0.0900. The highest BCUT2D eigenvalue weighted by Crippen LogP contribution is 2.36. The van der Waals surface area contributed by atoms with Gasteiger partial charge in [0.2, 0.25) is 5.36 Å². The second-order valence-electron chi connectivity index (χ2n) is 7.46. The topological polar surface area (TPSA) is 6.25 Å². The fourth-order valence-electron chi connectivity index (χ4n) is 3.17. The molecule has 0 aliphatic carbocycles. The largest absolute Gasteiger partial charge is 0.360 e. The quantitative estimate of drug-likeness (QED) is 0.403. The summed E-state index contributed by atoms with van der Waals surface area (Å²) in [5, 5.41) is 2.75. The minimum Gasteiger partial charge on any atom is -0.360 e. The first-order valence-electron chi connectivity index (χ1n) is 8.45. The van der Waals surface area contributed by atoms with Crippen LogP contribution in [0.1, 0.15) is 55.4 Å². The van der Waals surface area contributed by atoms with Crippen LogP contribution in [0, 0.1) is 0 Å². The lowest BCUT2D eigenvalue weighted by molar-refractivity contribution is 0.427. The number of hydrogen-bond acceptors (Lipinski definition) is 2. The smallest absolute Gasteiger partial charge is 0.241 e. The van der Waals surface area contributed by atoms with E-state index in [1.807, 2.05) is 0 Å². The summed E-state index contributed by atoms with van der Waals surface area (Å²) in [5.74, 6) is 0. The summed E-state index contributed by atoms with van der Waals surface area (Å²) in [5.41, 5.74) is 1.52. The summed E-state index contributed by atoms with van der Waals surface area (Å²) in [7, 11) is 0.483. The molecule has 0 spiro atoms. The summed E-state index contributed by atoms with van der Waals surface area (Å²) >= 11 is 2.06. The lowest BCUT2D eigenvalue weighted by Gasteiger charge is -2.29. The molecule has 4 heteroatoms. The zero-order chi connectivity index (χ0) is 17.2. The van der Waals surface area contributed by atoms with E-state index in [0.717, 1.165) is 0 Å². The van der Waals surface area contributed by atoms with Gasteiger partial charge in [0.25, 0.3) is 0 Å². The molecule has 0 aliphatic rings. The van der Waals surface area contributed by atoms with Crippen molar-refractivity contribution in [2.45, 2.75) is 84.5 Å². The van der Waals surface area contributed by atoms with Crippen LogP contribution in [0.2, 0.25) is 0 Å². The molecule has 0 radical (unpaired) electrons. The van der Waals surface area contributed by atoms with Gasteiger partial charge >= 0.3 is 0 Å². The van der Waals surface area contributed by atoms with Crippen molar-refractivity contribution in [2.24, 2.45) is 0 Å². The minimum atomic E-state index is 0.483. The van der Waals surface area contributed by atoms with E-state index in [-0.39, 0.29) is 0 Å². The first-order valence-corrected chi connectivity index (χ1v) is 11.6. The fourth-order valence-corrected chi connectivity index (χ4v) is 5.21. The minimum absolute atomic E-state index is 0.483. The number of thioether (sulfide) groups is 1. The van der Waals surface area contributed by atoms with Gasteiger partial charge in [-0.2, -0.15) is 0 Å². The van der Waals surface area contributed by atoms with Gasteiger partial charge in [-0.25, -0.2) is 4.58 Å². The predicted molar refractivity (Wildman–Crippen MR) is 107 cm³/mol. The van der Waals surface area contributed by atoms with Crippen LogP contribution >= 0.6 is 11.8 Å². The van der Waals surface area contributed by atoms with Crippen LogP contribution in [0.3, 0.4) is 0 Å². The van der Waals surface area contributed by atoms with E-state index < -0.39 is 0 Å². The van der Waals surface area contributed by atoms with Crippen LogP contribution in [-0.2, 0) is 10.9 Å². The van der Waals surface area contributed by atoms with Crippen molar-refractivity contribution < 1.29 is 0 Å². The van der Waals surface area contributed by atoms with Gasteiger partial charge in [0.15, 0.2) is 5.08 Å². The van der Waals surface area contributed by atoms with Crippen LogP contribution < -0.4 is 14.8 Å². The molecular weight excluding hydrogens is 308 g/mol. The molecule has 2 nitrogen and oxygen atoms in total. The van der Waals surface area contributed by atoms with Gasteiger partial charge < -0.3 is 4.90 Å². The highest BCUT2D eigenvalue weighted by atomic mass is 32.2. The summed E-state index contributed by atoms with van der Waals surface area (Å²) < 4.78 is 2.60. The Morgan fingerprint density at radius 3 is 1.68 bits per heavy atom. The van der Waals surface area contributed by atoms with Crippen molar-refractivity contribution in [3.8, 4) is 0 Å². The van der Waals surface area contributed by atoms with Crippen LogP contribution in [-0.4, -0.2) is 41.8 Å². The van der Waals surface area contributed by atoms with Crippen LogP contribution in [0.25, 0.3) is 0 Å². The molecule has 0 heterocycles. The van der Waals surface area contributed by atoms with Crippen molar-refractivity contribution in [3.05, 3.63) is 5.36 Å². The SMILES string of the molecule is CC(C)N(c1c(SC[S+](C)C)c1=[N+](C(C)C)C(C)C)C(C)C. The third-order valence-corrected chi connectivity index (χ3v) is 6.81. The Balaban J connectivity index is 3.34. The average Bonchev–Trinajstić information content (AvgIpc) is 2.98. The Kier molecular flexibility index (Phi) is 7.38. The van der Waals surface area contributed by atoms with Gasteiger partial charge in [0, 0.05) is 12.1 Å². The Bertz CT molecular complexity index is 474. The molecule has 0 amide bonds. The summed E-state index contributed by atoms with van der Waals surface area (Å²) in [6.45, 7) is 18.5. The maximum absolute atomic E-state index is 2.60. The lowest BCUT2D eigenvalue weighted by Crippen LogP contribution is -2.41. The molecule has 0 unspecified atom stereocenters. The van der Waals surface area contributed by atoms with E-state index in [0.29, 0.717) is 35.1 Å². The Morgan fingerprint density at radius 2 is 1.36 bits per heavy atom. The van der Waals surface area contributed by atoms with Gasteiger partial charge in [-0.05, 0) is 66.3 Å². The summed E-state index contributed by atoms with van der Waals surface area (Å²) in [6.07, 6.45) is 4.67. The molecule has 1 aromatic carbocycles. The molecule has 1 aromatic rings. The highest BCUT2D eigenvalue weighted by Gasteiger charge is 2.38. The molecule has 0 saturated carbocycles. The van der Waals surface area contributed by atoms with E-state index in [1.165, 1.54) is 16.1 Å². The molecule has 0 aliphatic heterocycles. The maximum atomic E-state index is 2.60. The van der Waals surface area contributed by atoms with Crippen LogP contribution in [0.4, 0.5) is 5.69 Å². The van der Waals surface area contributed by atoms with Crippen molar-refractivity contribution in [1.82, 2.24) is 4.58 Å². The average molecular weight is 345 g/mol. The predicted octanol–water partition coefficient (Wildman–Crippen LogP) is 3.70. The number of hydrogen-bond donors (Lipinski definition) is 0. The van der Waals surface area contributed by atoms with E-state index >= 15 is 0 Å². The van der Waals surface area contributed by atoms with Gasteiger partial charge in [0.05, 0.1) is 12.5 Å². The van der Waals surface area contributed by atoms with Gasteiger partial charge in [-0.3, -0.25) is 0 Å².